The second-order valence-corrected chi connectivity index (χ2v) is 6.04. The second-order valence-electron chi connectivity index (χ2n) is 4.78. The number of anilines is 1. The minimum Gasteiger partial charge on any atom is -0.467 e. The molecule has 0 bridgehead atoms. The number of methoxy groups -OCH3 is 1. The van der Waals surface area contributed by atoms with Crippen molar-refractivity contribution in [2.24, 2.45) is 0 Å². The Bertz CT molecular complexity index is 523. The SMILES string of the molecule is COC(=O)C(CC(=O)NC(C)C)Nc1ccc(Cl)c(Br)c1. The third-order valence-corrected chi connectivity index (χ3v) is 3.80. The molecule has 0 radical (unpaired) electrons. The number of nitrogens with one attached hydrogen (secondary N) is 2. The van der Waals surface area contributed by atoms with E-state index in [0.29, 0.717) is 15.2 Å². The molecule has 2 N–H and O–H groups in total. The van der Waals surface area contributed by atoms with Crippen LogP contribution in [0.1, 0.15) is 20.3 Å². The van der Waals surface area contributed by atoms with Gasteiger partial charge < -0.3 is 15.4 Å². The molecule has 7 heteroatoms. The normalized spacial score (nSPS) is 11.9. The van der Waals surface area contributed by atoms with Crippen LogP contribution in [-0.2, 0) is 14.3 Å². The highest BCUT2D eigenvalue weighted by Gasteiger charge is 2.23. The lowest BCUT2D eigenvalue weighted by molar-refractivity contribution is -0.143. The van der Waals surface area contributed by atoms with Crippen LogP contribution in [0, 0.1) is 0 Å². The Hall–Kier alpha value is -1.27. The highest BCUT2D eigenvalue weighted by molar-refractivity contribution is 9.10. The van der Waals surface area contributed by atoms with Gasteiger partial charge in [-0.05, 0) is 48.0 Å². The maximum Gasteiger partial charge on any atom is 0.328 e. The Morgan fingerprint density at radius 2 is 2.05 bits per heavy atom. The lowest BCUT2D eigenvalue weighted by atomic mass is 10.1. The number of amides is 1. The molecule has 1 aromatic rings. The number of halogens is 2. The Kier molecular flexibility index (Phi) is 6.98. The second kappa shape index (κ2) is 8.24. The van der Waals surface area contributed by atoms with Gasteiger partial charge in [0.05, 0.1) is 18.6 Å². The zero-order valence-corrected chi connectivity index (χ0v) is 14.4. The molecule has 1 atom stereocenters. The highest BCUT2D eigenvalue weighted by Crippen LogP contribution is 2.26. The summed E-state index contributed by atoms with van der Waals surface area (Å²) < 4.78 is 5.42. The maximum atomic E-state index is 11.8. The quantitative estimate of drug-likeness (QED) is 0.748. The van der Waals surface area contributed by atoms with Crippen LogP contribution < -0.4 is 10.6 Å². The number of carbonyl (C=O) groups excluding carboxylic acids is 2. The molecule has 1 amide bonds. The van der Waals surface area contributed by atoms with Gasteiger partial charge in [0.25, 0.3) is 0 Å². The van der Waals surface area contributed by atoms with E-state index in [1.54, 1.807) is 18.2 Å². The molecule has 1 unspecified atom stereocenters. The summed E-state index contributed by atoms with van der Waals surface area (Å²) in [6.07, 6.45) is -0.00883. The zero-order valence-electron chi connectivity index (χ0n) is 12.1. The first-order valence-electron chi connectivity index (χ1n) is 6.42. The first kappa shape index (κ1) is 17.8. The van der Waals surface area contributed by atoms with Gasteiger partial charge in [-0.1, -0.05) is 11.6 Å². The molecule has 0 aliphatic rings. The van der Waals surface area contributed by atoms with Crippen molar-refractivity contribution in [2.45, 2.75) is 32.4 Å². The number of carbonyl (C=O) groups is 2. The topological polar surface area (TPSA) is 67.4 Å². The van der Waals surface area contributed by atoms with Crippen molar-refractivity contribution in [3.05, 3.63) is 27.7 Å². The molecule has 1 rings (SSSR count). The van der Waals surface area contributed by atoms with Crippen molar-refractivity contribution < 1.29 is 14.3 Å². The molecule has 1 aromatic carbocycles. The summed E-state index contributed by atoms with van der Waals surface area (Å²) >= 11 is 9.22. The van der Waals surface area contributed by atoms with Gasteiger partial charge in [-0.15, -0.1) is 0 Å². The fourth-order valence-corrected chi connectivity index (χ4v) is 2.19. The summed E-state index contributed by atoms with van der Waals surface area (Å²) in [6, 6.07) is 4.40. The molecule has 0 saturated heterocycles. The molecule has 0 aliphatic heterocycles. The van der Waals surface area contributed by atoms with Gasteiger partial charge in [0.2, 0.25) is 5.91 Å². The minimum atomic E-state index is -0.762. The van der Waals surface area contributed by atoms with E-state index in [9.17, 15) is 9.59 Å². The van der Waals surface area contributed by atoms with Gasteiger partial charge in [0.1, 0.15) is 6.04 Å². The van der Waals surface area contributed by atoms with Gasteiger partial charge in [-0.3, -0.25) is 4.79 Å². The van der Waals surface area contributed by atoms with Crippen LogP contribution in [0.3, 0.4) is 0 Å². The van der Waals surface area contributed by atoms with E-state index in [4.69, 9.17) is 16.3 Å². The summed E-state index contributed by atoms with van der Waals surface area (Å²) in [5.74, 6) is -0.721. The predicted molar refractivity (Wildman–Crippen MR) is 86.5 cm³/mol. The summed E-state index contributed by atoms with van der Waals surface area (Å²) in [7, 11) is 1.29. The molecule has 0 aromatic heterocycles. The molecule has 21 heavy (non-hydrogen) atoms. The Balaban J connectivity index is 2.80. The lowest BCUT2D eigenvalue weighted by Gasteiger charge is -2.18. The van der Waals surface area contributed by atoms with Gasteiger partial charge in [-0.25, -0.2) is 4.79 Å². The predicted octanol–water partition coefficient (Wildman–Crippen LogP) is 2.97. The number of ether oxygens (including phenoxy) is 1. The van der Waals surface area contributed by atoms with Crippen LogP contribution in [-0.4, -0.2) is 31.1 Å². The maximum absolute atomic E-state index is 11.8. The average molecular weight is 378 g/mol. The fourth-order valence-electron chi connectivity index (χ4n) is 1.69. The largest absolute Gasteiger partial charge is 0.467 e. The van der Waals surface area contributed by atoms with E-state index >= 15 is 0 Å². The number of hydrogen-bond acceptors (Lipinski definition) is 4. The Morgan fingerprint density at radius 1 is 1.38 bits per heavy atom. The van der Waals surface area contributed by atoms with Crippen LogP contribution in [0.25, 0.3) is 0 Å². The smallest absolute Gasteiger partial charge is 0.328 e. The van der Waals surface area contributed by atoms with Gasteiger partial charge in [0, 0.05) is 16.2 Å². The molecular formula is C14H18BrClN2O3. The number of benzene rings is 1. The van der Waals surface area contributed by atoms with Crippen LogP contribution in [0.5, 0.6) is 0 Å². The Morgan fingerprint density at radius 3 is 2.57 bits per heavy atom. The summed E-state index contributed by atoms with van der Waals surface area (Å²) in [5.41, 5.74) is 0.666. The van der Waals surface area contributed by atoms with E-state index in [2.05, 4.69) is 26.6 Å². The third-order valence-electron chi connectivity index (χ3n) is 2.59. The molecule has 116 valence electrons. The van der Waals surface area contributed by atoms with E-state index in [1.807, 2.05) is 13.8 Å². The third kappa shape index (κ3) is 5.93. The van der Waals surface area contributed by atoms with E-state index in [-0.39, 0.29) is 18.4 Å². The average Bonchev–Trinajstić information content (AvgIpc) is 2.40. The van der Waals surface area contributed by atoms with Crippen molar-refractivity contribution in [3.63, 3.8) is 0 Å². The van der Waals surface area contributed by atoms with Crippen LogP contribution in [0.15, 0.2) is 22.7 Å². The van der Waals surface area contributed by atoms with Crippen molar-refractivity contribution in [3.8, 4) is 0 Å². The van der Waals surface area contributed by atoms with Gasteiger partial charge in [-0.2, -0.15) is 0 Å². The summed E-state index contributed by atoms with van der Waals surface area (Å²) in [5, 5.41) is 6.28. The molecule has 0 fully saturated rings. The summed E-state index contributed by atoms with van der Waals surface area (Å²) in [6.45, 7) is 3.71. The molecule has 5 nitrogen and oxygen atoms in total. The summed E-state index contributed by atoms with van der Waals surface area (Å²) in [4.78, 5) is 23.6. The zero-order chi connectivity index (χ0) is 16.0. The van der Waals surface area contributed by atoms with Crippen LogP contribution in [0.2, 0.25) is 5.02 Å². The standard InChI is InChI=1S/C14H18BrClN2O3/c1-8(2)17-13(19)7-12(14(20)21-3)18-9-4-5-11(16)10(15)6-9/h4-6,8,12,18H,7H2,1-3H3,(H,17,19). The van der Waals surface area contributed by atoms with Crippen molar-refractivity contribution in [1.82, 2.24) is 5.32 Å². The molecule has 0 saturated carbocycles. The van der Waals surface area contributed by atoms with Crippen LogP contribution >= 0.6 is 27.5 Å². The van der Waals surface area contributed by atoms with E-state index in [0.717, 1.165) is 0 Å². The monoisotopic (exact) mass is 376 g/mol. The molecule has 0 spiro atoms. The molecule has 0 heterocycles. The van der Waals surface area contributed by atoms with Gasteiger partial charge in [0.15, 0.2) is 0 Å². The number of hydrogen-bond donors (Lipinski definition) is 2. The fraction of sp³-hybridized carbons (Fsp3) is 0.429. The van der Waals surface area contributed by atoms with Crippen molar-refractivity contribution in [1.29, 1.82) is 0 Å². The van der Waals surface area contributed by atoms with Crippen LogP contribution in [0.4, 0.5) is 5.69 Å². The van der Waals surface area contributed by atoms with Gasteiger partial charge >= 0.3 is 5.97 Å². The van der Waals surface area contributed by atoms with E-state index in [1.165, 1.54) is 7.11 Å². The molecule has 0 aliphatic carbocycles. The Labute approximate surface area is 137 Å². The minimum absolute atomic E-state index is 0.00883. The number of esters is 1. The number of rotatable bonds is 6. The first-order chi connectivity index (χ1) is 9.83. The molecular weight excluding hydrogens is 360 g/mol. The first-order valence-corrected chi connectivity index (χ1v) is 7.59. The highest BCUT2D eigenvalue weighted by atomic mass is 79.9. The van der Waals surface area contributed by atoms with Crippen molar-refractivity contribution in [2.75, 3.05) is 12.4 Å². The van der Waals surface area contributed by atoms with E-state index < -0.39 is 12.0 Å². The van der Waals surface area contributed by atoms with Crippen molar-refractivity contribution >= 4 is 45.1 Å². The lowest BCUT2D eigenvalue weighted by Crippen LogP contribution is -2.39.